The molecule has 0 bridgehead atoms. The zero-order valence-corrected chi connectivity index (χ0v) is 17.3. The molecule has 0 atom stereocenters. The van der Waals surface area contributed by atoms with Crippen molar-refractivity contribution >= 4 is 34.6 Å². The number of hydrogen-bond acceptors (Lipinski definition) is 9. The minimum Gasteiger partial charge on any atom is -0.369 e. The van der Waals surface area contributed by atoms with Gasteiger partial charge in [0.25, 0.3) is 0 Å². The molecule has 29 heavy (non-hydrogen) atoms. The van der Waals surface area contributed by atoms with Gasteiger partial charge in [-0.3, -0.25) is 10.1 Å². The molecule has 2 heterocycles. The molecule has 1 aliphatic rings. The Bertz CT molecular complexity index is 848. The molecule has 2 aromatic rings. The summed E-state index contributed by atoms with van der Waals surface area (Å²) in [4.78, 5) is 24.3. The molecule has 1 aromatic carbocycles. The summed E-state index contributed by atoms with van der Waals surface area (Å²) >= 11 is 0. The van der Waals surface area contributed by atoms with Gasteiger partial charge in [0.1, 0.15) is 0 Å². The summed E-state index contributed by atoms with van der Waals surface area (Å²) in [7, 11) is 3.74. The molecule has 156 valence electrons. The highest BCUT2D eigenvalue weighted by atomic mass is 16.6. The first-order valence-corrected chi connectivity index (χ1v) is 9.68. The second kappa shape index (κ2) is 8.91. The number of nitro groups is 1. The van der Waals surface area contributed by atoms with Gasteiger partial charge in [-0.05, 0) is 45.2 Å². The number of benzene rings is 1. The Labute approximate surface area is 170 Å². The molecule has 1 fully saturated rings. The monoisotopic (exact) mass is 400 g/mol. The van der Waals surface area contributed by atoms with Crippen molar-refractivity contribution in [3.63, 3.8) is 0 Å². The van der Waals surface area contributed by atoms with Crippen molar-refractivity contribution in [2.75, 3.05) is 61.1 Å². The van der Waals surface area contributed by atoms with E-state index in [2.05, 4.69) is 54.9 Å². The Morgan fingerprint density at radius 1 is 1.07 bits per heavy atom. The summed E-state index contributed by atoms with van der Waals surface area (Å²) in [5.74, 6) is 0.626. The van der Waals surface area contributed by atoms with Gasteiger partial charge >= 0.3 is 5.69 Å². The normalized spacial score (nSPS) is 14.7. The summed E-state index contributed by atoms with van der Waals surface area (Å²) in [5.41, 5.74) is 1.82. The highest BCUT2D eigenvalue weighted by Gasteiger charge is 2.25. The third-order valence-corrected chi connectivity index (χ3v) is 4.72. The van der Waals surface area contributed by atoms with Crippen molar-refractivity contribution in [3.05, 3.63) is 34.4 Å². The smallest absolute Gasteiger partial charge is 0.353 e. The van der Waals surface area contributed by atoms with Gasteiger partial charge < -0.3 is 25.8 Å². The molecular formula is C19H28N8O2. The molecule has 10 nitrogen and oxygen atoms in total. The number of hydrogen-bond donors (Lipinski definition) is 3. The van der Waals surface area contributed by atoms with Crippen molar-refractivity contribution in [3.8, 4) is 0 Å². The molecule has 0 spiro atoms. The molecule has 0 radical (unpaired) electrons. The van der Waals surface area contributed by atoms with Gasteiger partial charge in [-0.25, -0.2) is 0 Å². The number of anilines is 5. The minimum atomic E-state index is -0.481. The van der Waals surface area contributed by atoms with Crippen LogP contribution in [-0.4, -0.2) is 66.1 Å². The van der Waals surface area contributed by atoms with E-state index in [1.165, 1.54) is 5.69 Å². The van der Waals surface area contributed by atoms with Gasteiger partial charge in [-0.2, -0.15) is 9.97 Å². The average Bonchev–Trinajstić information content (AvgIpc) is 2.68. The number of piperazine rings is 1. The van der Waals surface area contributed by atoms with E-state index in [0.29, 0.717) is 0 Å². The van der Waals surface area contributed by atoms with Crippen molar-refractivity contribution in [2.45, 2.75) is 19.9 Å². The van der Waals surface area contributed by atoms with Crippen LogP contribution in [0.25, 0.3) is 0 Å². The van der Waals surface area contributed by atoms with E-state index in [1.807, 2.05) is 26.0 Å². The molecule has 0 amide bonds. The maximum absolute atomic E-state index is 11.5. The molecule has 3 rings (SSSR count). The van der Waals surface area contributed by atoms with Crippen molar-refractivity contribution in [1.82, 2.24) is 14.9 Å². The van der Waals surface area contributed by atoms with Crippen LogP contribution < -0.4 is 20.9 Å². The van der Waals surface area contributed by atoms with E-state index in [1.54, 1.807) is 7.05 Å². The minimum absolute atomic E-state index is 0.0102. The van der Waals surface area contributed by atoms with Gasteiger partial charge in [0.05, 0.1) is 4.92 Å². The number of likely N-dealkylation sites (N-methyl/N-ethyl adjacent to an activating group) is 1. The summed E-state index contributed by atoms with van der Waals surface area (Å²) in [6.45, 7) is 7.91. The molecular weight excluding hydrogens is 372 g/mol. The lowest BCUT2D eigenvalue weighted by atomic mass is 10.2. The Kier molecular flexibility index (Phi) is 6.32. The first-order valence-electron chi connectivity index (χ1n) is 9.68. The van der Waals surface area contributed by atoms with E-state index in [4.69, 9.17) is 0 Å². The lowest BCUT2D eigenvalue weighted by molar-refractivity contribution is -0.383. The lowest BCUT2D eigenvalue weighted by Crippen LogP contribution is -2.44. The number of rotatable bonds is 7. The highest BCUT2D eigenvalue weighted by Crippen LogP contribution is 2.32. The maximum atomic E-state index is 11.5. The molecule has 1 saturated heterocycles. The predicted molar refractivity (Wildman–Crippen MR) is 116 cm³/mol. The van der Waals surface area contributed by atoms with Crippen LogP contribution >= 0.6 is 0 Å². The molecule has 0 aliphatic carbocycles. The number of aromatic nitrogens is 2. The first kappa shape index (κ1) is 20.6. The number of nitrogens with one attached hydrogen (secondary N) is 3. The Morgan fingerprint density at radius 2 is 1.69 bits per heavy atom. The van der Waals surface area contributed by atoms with Crippen molar-refractivity contribution in [1.29, 1.82) is 0 Å². The van der Waals surface area contributed by atoms with Crippen LogP contribution in [0.1, 0.15) is 13.8 Å². The Hall–Kier alpha value is -3.14. The van der Waals surface area contributed by atoms with Crippen LogP contribution in [0.15, 0.2) is 24.3 Å². The Morgan fingerprint density at radius 3 is 2.24 bits per heavy atom. The Balaban J connectivity index is 1.81. The first-order chi connectivity index (χ1) is 13.9. The van der Waals surface area contributed by atoms with E-state index >= 15 is 0 Å². The second-order valence-corrected chi connectivity index (χ2v) is 7.36. The standard InChI is InChI=1S/C19H28N8O2/c1-13(2)21-18-16(27(28)29)17(20-3)23-19(24-18)22-14-5-7-15(8-6-14)26-11-9-25(4)10-12-26/h5-8,13H,9-12H2,1-4H3,(H3,20,21,22,23,24). The molecule has 3 N–H and O–H groups in total. The van der Waals surface area contributed by atoms with E-state index in [0.717, 1.165) is 31.9 Å². The second-order valence-electron chi connectivity index (χ2n) is 7.36. The zero-order valence-electron chi connectivity index (χ0n) is 17.3. The van der Waals surface area contributed by atoms with Crippen LogP contribution in [-0.2, 0) is 0 Å². The van der Waals surface area contributed by atoms with Crippen LogP contribution in [0, 0.1) is 10.1 Å². The topological polar surface area (TPSA) is 111 Å². The molecule has 0 saturated carbocycles. The van der Waals surface area contributed by atoms with Crippen molar-refractivity contribution in [2.24, 2.45) is 0 Å². The van der Waals surface area contributed by atoms with Gasteiger partial charge in [0, 0.05) is 50.6 Å². The highest BCUT2D eigenvalue weighted by molar-refractivity contribution is 5.73. The average molecular weight is 400 g/mol. The largest absolute Gasteiger partial charge is 0.369 e. The maximum Gasteiger partial charge on any atom is 0.353 e. The molecule has 1 aliphatic heterocycles. The van der Waals surface area contributed by atoms with Gasteiger partial charge in [-0.15, -0.1) is 0 Å². The fourth-order valence-electron chi connectivity index (χ4n) is 3.18. The fourth-order valence-corrected chi connectivity index (χ4v) is 3.18. The van der Waals surface area contributed by atoms with Gasteiger partial charge in [0.2, 0.25) is 17.6 Å². The molecule has 10 heteroatoms. The van der Waals surface area contributed by atoms with Gasteiger partial charge in [0.15, 0.2) is 0 Å². The van der Waals surface area contributed by atoms with Crippen LogP contribution in [0.5, 0.6) is 0 Å². The SMILES string of the molecule is CNc1nc(Nc2ccc(N3CCN(C)CC3)cc2)nc(NC(C)C)c1[N+](=O)[O-]. The lowest BCUT2D eigenvalue weighted by Gasteiger charge is -2.34. The van der Waals surface area contributed by atoms with E-state index in [9.17, 15) is 10.1 Å². The quantitative estimate of drug-likeness (QED) is 0.477. The van der Waals surface area contributed by atoms with Crippen LogP contribution in [0.4, 0.5) is 34.6 Å². The summed E-state index contributed by atoms with van der Waals surface area (Å²) in [6.07, 6.45) is 0. The summed E-state index contributed by atoms with van der Waals surface area (Å²) in [6, 6.07) is 8.04. The zero-order chi connectivity index (χ0) is 21.0. The van der Waals surface area contributed by atoms with E-state index in [-0.39, 0.29) is 29.3 Å². The molecule has 1 aromatic heterocycles. The van der Waals surface area contributed by atoms with Gasteiger partial charge in [-0.1, -0.05) is 0 Å². The number of nitrogens with zero attached hydrogens (tertiary/aromatic N) is 5. The van der Waals surface area contributed by atoms with Crippen LogP contribution in [0.2, 0.25) is 0 Å². The summed E-state index contributed by atoms with van der Waals surface area (Å²) < 4.78 is 0. The third-order valence-electron chi connectivity index (χ3n) is 4.72. The fraction of sp³-hybridized carbons (Fsp3) is 0.474. The third kappa shape index (κ3) is 5.02. The van der Waals surface area contributed by atoms with Crippen LogP contribution in [0.3, 0.4) is 0 Å². The summed E-state index contributed by atoms with van der Waals surface area (Å²) in [5, 5.41) is 20.4. The molecule has 0 unspecified atom stereocenters. The predicted octanol–water partition coefficient (Wildman–Crippen LogP) is 2.74. The van der Waals surface area contributed by atoms with E-state index < -0.39 is 4.92 Å². The van der Waals surface area contributed by atoms with Crippen molar-refractivity contribution < 1.29 is 4.92 Å².